The molecule has 1 atom stereocenters. The van der Waals surface area contributed by atoms with E-state index in [4.69, 9.17) is 4.98 Å². The predicted molar refractivity (Wildman–Crippen MR) is 105 cm³/mol. The number of rotatable bonds is 7. The molecule has 2 aromatic heterocycles. The summed E-state index contributed by atoms with van der Waals surface area (Å²) in [7, 11) is 0. The van der Waals surface area contributed by atoms with Gasteiger partial charge in [-0.15, -0.1) is 0 Å². The first-order valence-electron chi connectivity index (χ1n) is 9.65. The average molecular weight is 378 g/mol. The zero-order chi connectivity index (χ0) is 19.3. The van der Waals surface area contributed by atoms with Gasteiger partial charge >= 0.3 is 0 Å². The first-order chi connectivity index (χ1) is 13.7. The van der Waals surface area contributed by atoms with E-state index in [0.717, 1.165) is 35.5 Å². The summed E-state index contributed by atoms with van der Waals surface area (Å²) in [5, 5.41) is 3.50. The molecule has 2 N–H and O–H groups in total. The Kier molecular flexibility index (Phi) is 5.58. The Balaban J connectivity index is 1.57. The summed E-state index contributed by atoms with van der Waals surface area (Å²) >= 11 is 0. The Hall–Kier alpha value is -2.86. The van der Waals surface area contributed by atoms with E-state index in [1.54, 1.807) is 24.4 Å². The molecule has 144 valence electrons. The number of aromatic nitrogens is 3. The molecule has 1 aromatic carbocycles. The normalized spacial score (nSPS) is 15.2. The van der Waals surface area contributed by atoms with Gasteiger partial charge in [0.15, 0.2) is 0 Å². The van der Waals surface area contributed by atoms with Crippen LogP contribution in [0, 0.1) is 5.82 Å². The molecule has 1 saturated carbocycles. The highest BCUT2D eigenvalue weighted by Gasteiger charge is 2.23. The number of nitrogens with one attached hydrogen (secondary N) is 2. The highest BCUT2D eigenvalue weighted by Crippen LogP contribution is 2.34. The molecule has 0 spiro atoms. The number of halogens is 1. The third kappa shape index (κ3) is 4.51. The molecule has 0 saturated heterocycles. The topological polar surface area (TPSA) is 70.7 Å². The Labute approximate surface area is 163 Å². The van der Waals surface area contributed by atoms with Gasteiger partial charge in [-0.2, -0.15) is 0 Å². The van der Waals surface area contributed by atoms with Crippen LogP contribution in [0.4, 0.5) is 4.39 Å². The molecule has 1 fully saturated rings. The van der Waals surface area contributed by atoms with Gasteiger partial charge in [-0.25, -0.2) is 9.37 Å². The van der Waals surface area contributed by atoms with Crippen LogP contribution in [0.1, 0.15) is 53.9 Å². The molecular formula is C22H23FN4O. The minimum Gasteiger partial charge on any atom is -0.310 e. The first-order valence-corrected chi connectivity index (χ1v) is 9.65. The second-order valence-electron chi connectivity index (χ2n) is 7.30. The van der Waals surface area contributed by atoms with Gasteiger partial charge in [0.25, 0.3) is 5.56 Å². The second-order valence-corrected chi connectivity index (χ2v) is 7.30. The summed E-state index contributed by atoms with van der Waals surface area (Å²) in [6.45, 7) is 0.620. The van der Waals surface area contributed by atoms with Crippen molar-refractivity contribution in [3.63, 3.8) is 0 Å². The van der Waals surface area contributed by atoms with Gasteiger partial charge in [-0.1, -0.05) is 24.6 Å². The van der Waals surface area contributed by atoms with Crippen LogP contribution in [0.2, 0.25) is 0 Å². The quantitative estimate of drug-likeness (QED) is 0.658. The van der Waals surface area contributed by atoms with Crippen molar-refractivity contribution in [3.05, 3.63) is 93.7 Å². The summed E-state index contributed by atoms with van der Waals surface area (Å²) in [5.41, 5.74) is 2.65. The van der Waals surface area contributed by atoms with Crippen molar-refractivity contribution in [1.82, 2.24) is 20.3 Å². The Morgan fingerprint density at radius 1 is 1.21 bits per heavy atom. The summed E-state index contributed by atoms with van der Waals surface area (Å²) in [4.78, 5) is 23.9. The van der Waals surface area contributed by atoms with E-state index in [2.05, 4.69) is 15.3 Å². The predicted octanol–water partition coefficient (Wildman–Crippen LogP) is 3.65. The number of hydrogen-bond donors (Lipinski definition) is 2. The molecule has 1 aliphatic rings. The van der Waals surface area contributed by atoms with Crippen molar-refractivity contribution >= 4 is 0 Å². The van der Waals surface area contributed by atoms with Crippen LogP contribution >= 0.6 is 0 Å². The molecule has 0 aliphatic heterocycles. The van der Waals surface area contributed by atoms with E-state index in [1.165, 1.54) is 18.6 Å². The summed E-state index contributed by atoms with van der Waals surface area (Å²) in [6.07, 6.45) is 7.44. The number of benzene rings is 1. The van der Waals surface area contributed by atoms with Gasteiger partial charge in [0.05, 0.1) is 0 Å². The van der Waals surface area contributed by atoms with Crippen LogP contribution in [0.3, 0.4) is 0 Å². The van der Waals surface area contributed by atoms with Crippen LogP contribution in [0.15, 0.2) is 59.7 Å². The molecule has 0 radical (unpaired) electrons. The lowest BCUT2D eigenvalue weighted by Gasteiger charge is -2.25. The Bertz CT molecular complexity index is 968. The molecule has 0 amide bonds. The number of aromatic amines is 1. The van der Waals surface area contributed by atoms with Crippen LogP contribution in [0.5, 0.6) is 0 Å². The maximum atomic E-state index is 13.4. The lowest BCUT2D eigenvalue weighted by Crippen LogP contribution is -2.25. The molecular weight excluding hydrogens is 355 g/mol. The maximum absolute atomic E-state index is 13.4. The van der Waals surface area contributed by atoms with Gasteiger partial charge in [0.1, 0.15) is 11.6 Å². The average Bonchev–Trinajstić information content (AvgIpc) is 2.65. The Morgan fingerprint density at radius 2 is 2.04 bits per heavy atom. The molecule has 0 unspecified atom stereocenters. The van der Waals surface area contributed by atoms with Crippen LogP contribution in [-0.2, 0) is 13.0 Å². The molecule has 2 heterocycles. The summed E-state index contributed by atoms with van der Waals surface area (Å²) in [6, 6.07) is 11.8. The van der Waals surface area contributed by atoms with E-state index in [-0.39, 0.29) is 17.4 Å². The second kappa shape index (κ2) is 8.44. The molecule has 6 heteroatoms. The van der Waals surface area contributed by atoms with Crippen molar-refractivity contribution in [2.75, 3.05) is 0 Å². The monoisotopic (exact) mass is 378 g/mol. The van der Waals surface area contributed by atoms with E-state index >= 15 is 0 Å². The van der Waals surface area contributed by atoms with E-state index < -0.39 is 0 Å². The van der Waals surface area contributed by atoms with Crippen molar-refractivity contribution < 1.29 is 4.39 Å². The van der Waals surface area contributed by atoms with Crippen LogP contribution in [-0.4, -0.2) is 15.0 Å². The van der Waals surface area contributed by atoms with Crippen molar-refractivity contribution in [2.24, 2.45) is 0 Å². The molecule has 28 heavy (non-hydrogen) atoms. The largest absolute Gasteiger partial charge is 0.310 e. The number of H-pyrrole nitrogens is 1. The van der Waals surface area contributed by atoms with Gasteiger partial charge < -0.3 is 10.3 Å². The smallest absolute Gasteiger partial charge is 0.251 e. The van der Waals surface area contributed by atoms with Gasteiger partial charge in [-0.3, -0.25) is 9.78 Å². The molecule has 3 aromatic rings. The summed E-state index contributed by atoms with van der Waals surface area (Å²) < 4.78 is 13.4. The minimum absolute atomic E-state index is 0.0932. The van der Waals surface area contributed by atoms with Crippen molar-refractivity contribution in [3.8, 4) is 0 Å². The number of hydrogen-bond acceptors (Lipinski definition) is 4. The third-order valence-electron chi connectivity index (χ3n) is 5.27. The van der Waals surface area contributed by atoms with Crippen molar-refractivity contribution in [1.29, 1.82) is 0 Å². The highest BCUT2D eigenvalue weighted by atomic mass is 19.1. The van der Waals surface area contributed by atoms with Gasteiger partial charge in [0.2, 0.25) is 0 Å². The third-order valence-corrected chi connectivity index (χ3v) is 5.27. The molecule has 5 nitrogen and oxygen atoms in total. The summed E-state index contributed by atoms with van der Waals surface area (Å²) in [5.74, 6) is 0.885. The van der Waals surface area contributed by atoms with Crippen LogP contribution < -0.4 is 10.9 Å². The first kappa shape index (κ1) is 18.5. The standard InChI is InChI=1S/C22H23FN4O/c23-18-8-6-16(7-9-18)20(25-14-15-3-2-10-24-13-15)11-19-12-21(28)27-22(26-19)17-4-1-5-17/h2-3,6-10,12-13,17,20,25H,1,4-5,11,14H2,(H,26,27,28)/t20-/m1/s1. The zero-order valence-corrected chi connectivity index (χ0v) is 15.6. The Morgan fingerprint density at radius 3 is 2.71 bits per heavy atom. The van der Waals surface area contributed by atoms with E-state index in [0.29, 0.717) is 18.9 Å². The number of pyridine rings is 1. The van der Waals surface area contributed by atoms with Gasteiger partial charge in [-0.05, 0) is 42.2 Å². The fourth-order valence-corrected chi connectivity index (χ4v) is 3.46. The fourth-order valence-electron chi connectivity index (χ4n) is 3.46. The molecule has 1 aliphatic carbocycles. The lowest BCUT2D eigenvalue weighted by molar-refractivity contribution is 0.398. The zero-order valence-electron chi connectivity index (χ0n) is 15.6. The molecule has 0 bridgehead atoms. The lowest BCUT2D eigenvalue weighted by atomic mass is 9.85. The minimum atomic E-state index is -0.267. The fraction of sp³-hybridized carbons (Fsp3) is 0.318. The maximum Gasteiger partial charge on any atom is 0.251 e. The SMILES string of the molecule is O=c1cc(C[C@@H](NCc2cccnc2)c2ccc(F)cc2)nc(C2CCC2)[nH]1. The van der Waals surface area contributed by atoms with Crippen LogP contribution in [0.25, 0.3) is 0 Å². The van der Waals surface area contributed by atoms with Gasteiger partial charge in [0, 0.05) is 49.1 Å². The van der Waals surface area contributed by atoms with Crippen molar-refractivity contribution in [2.45, 2.75) is 44.2 Å². The van der Waals surface area contributed by atoms with E-state index in [1.807, 2.05) is 18.3 Å². The number of nitrogens with zero attached hydrogens (tertiary/aromatic N) is 2. The molecule has 4 rings (SSSR count). The highest BCUT2D eigenvalue weighted by molar-refractivity contribution is 5.23. The van der Waals surface area contributed by atoms with E-state index in [9.17, 15) is 9.18 Å².